The molecule has 4 rings (SSSR count). The molecule has 0 radical (unpaired) electrons. The standard InChI is InChI=1S/C24H22BrF2N3O3/c1-15-28-22(33-14-17-5-8-18(26)13-20(17)27)21(25)24(32)30(15)19-9-6-16(7-10-19)23(31)29-11-3-2-4-12-29/h5-10,13H,2-4,11-12,14H2,1H3. The van der Waals surface area contributed by atoms with Gasteiger partial charge in [-0.25, -0.2) is 8.78 Å². The zero-order valence-corrected chi connectivity index (χ0v) is 19.6. The van der Waals surface area contributed by atoms with Crippen molar-refractivity contribution in [2.75, 3.05) is 13.1 Å². The molecule has 0 aliphatic carbocycles. The highest BCUT2D eigenvalue weighted by molar-refractivity contribution is 9.10. The largest absolute Gasteiger partial charge is 0.472 e. The number of rotatable bonds is 5. The van der Waals surface area contributed by atoms with Crippen molar-refractivity contribution in [1.82, 2.24) is 14.5 Å². The second-order valence-corrected chi connectivity index (χ2v) is 8.64. The Morgan fingerprint density at radius 1 is 1.09 bits per heavy atom. The number of benzene rings is 2. The van der Waals surface area contributed by atoms with Gasteiger partial charge in [-0.05, 0) is 78.5 Å². The molecule has 0 N–H and O–H groups in total. The van der Waals surface area contributed by atoms with Gasteiger partial charge in [-0.2, -0.15) is 4.98 Å². The van der Waals surface area contributed by atoms with Crippen LogP contribution in [0.3, 0.4) is 0 Å². The normalized spacial score (nSPS) is 13.8. The maximum Gasteiger partial charge on any atom is 0.276 e. The molecule has 33 heavy (non-hydrogen) atoms. The highest BCUT2D eigenvalue weighted by Gasteiger charge is 2.19. The molecule has 1 aliphatic rings. The molecule has 172 valence electrons. The van der Waals surface area contributed by atoms with Gasteiger partial charge in [0.2, 0.25) is 5.88 Å². The Balaban J connectivity index is 1.55. The van der Waals surface area contributed by atoms with E-state index in [-0.39, 0.29) is 28.4 Å². The number of ether oxygens (including phenoxy) is 1. The first-order valence-corrected chi connectivity index (χ1v) is 11.4. The minimum atomic E-state index is -0.740. The van der Waals surface area contributed by atoms with Crippen molar-refractivity contribution >= 4 is 21.8 Å². The van der Waals surface area contributed by atoms with E-state index in [0.29, 0.717) is 17.1 Å². The van der Waals surface area contributed by atoms with Crippen molar-refractivity contribution in [2.45, 2.75) is 32.8 Å². The zero-order chi connectivity index (χ0) is 23.5. The molecule has 0 saturated carbocycles. The van der Waals surface area contributed by atoms with E-state index in [9.17, 15) is 18.4 Å². The van der Waals surface area contributed by atoms with Crippen LogP contribution in [0.15, 0.2) is 51.7 Å². The van der Waals surface area contributed by atoms with Gasteiger partial charge in [0.15, 0.2) is 0 Å². The lowest BCUT2D eigenvalue weighted by molar-refractivity contribution is 0.0724. The minimum absolute atomic E-state index is 0.00868. The SMILES string of the molecule is Cc1nc(OCc2ccc(F)cc2F)c(Br)c(=O)n1-c1ccc(C(=O)N2CCCCC2)cc1. The number of aromatic nitrogens is 2. The third-order valence-corrected chi connectivity index (χ3v) is 6.24. The summed E-state index contributed by atoms with van der Waals surface area (Å²) in [7, 11) is 0. The topological polar surface area (TPSA) is 64.4 Å². The molecule has 1 aromatic heterocycles. The van der Waals surface area contributed by atoms with Crippen LogP contribution in [0, 0.1) is 18.6 Å². The Morgan fingerprint density at radius 2 is 1.79 bits per heavy atom. The predicted octanol–water partition coefficient (Wildman–Crippen LogP) is 4.79. The number of aryl methyl sites for hydroxylation is 1. The first kappa shape index (κ1) is 23.1. The van der Waals surface area contributed by atoms with E-state index in [2.05, 4.69) is 20.9 Å². The van der Waals surface area contributed by atoms with Crippen LogP contribution in [0.5, 0.6) is 5.88 Å². The molecule has 0 bridgehead atoms. The first-order valence-electron chi connectivity index (χ1n) is 10.6. The van der Waals surface area contributed by atoms with Gasteiger partial charge >= 0.3 is 0 Å². The lowest BCUT2D eigenvalue weighted by atomic mass is 10.1. The van der Waals surface area contributed by atoms with Gasteiger partial charge in [0, 0.05) is 30.3 Å². The summed E-state index contributed by atoms with van der Waals surface area (Å²) in [6, 6.07) is 9.99. The van der Waals surface area contributed by atoms with Crippen LogP contribution in [0.4, 0.5) is 8.78 Å². The molecule has 0 atom stereocenters. The zero-order valence-electron chi connectivity index (χ0n) is 18.0. The van der Waals surface area contributed by atoms with Crippen molar-refractivity contribution in [2.24, 2.45) is 0 Å². The second kappa shape index (κ2) is 9.82. The monoisotopic (exact) mass is 517 g/mol. The second-order valence-electron chi connectivity index (χ2n) is 7.84. The van der Waals surface area contributed by atoms with Gasteiger partial charge in [-0.3, -0.25) is 14.2 Å². The number of halogens is 3. The Kier molecular flexibility index (Phi) is 6.88. The average molecular weight is 518 g/mol. The molecule has 2 aromatic carbocycles. The smallest absolute Gasteiger partial charge is 0.276 e. The van der Waals surface area contributed by atoms with E-state index in [0.717, 1.165) is 44.5 Å². The summed E-state index contributed by atoms with van der Waals surface area (Å²) in [6.45, 7) is 2.96. The molecule has 1 fully saturated rings. The van der Waals surface area contributed by atoms with Crippen LogP contribution in [0.1, 0.15) is 41.0 Å². The molecule has 9 heteroatoms. The summed E-state index contributed by atoms with van der Waals surface area (Å²) < 4.78 is 33.9. The summed E-state index contributed by atoms with van der Waals surface area (Å²) in [5, 5.41) is 0. The number of hydrogen-bond acceptors (Lipinski definition) is 4. The Morgan fingerprint density at radius 3 is 2.45 bits per heavy atom. The van der Waals surface area contributed by atoms with Crippen molar-refractivity contribution in [3.8, 4) is 11.6 Å². The Labute approximate surface area is 198 Å². The van der Waals surface area contributed by atoms with Gasteiger partial charge in [-0.1, -0.05) is 0 Å². The maximum atomic E-state index is 13.9. The number of carbonyl (C=O) groups is 1. The quantitative estimate of drug-likeness (QED) is 0.488. The van der Waals surface area contributed by atoms with Crippen LogP contribution >= 0.6 is 15.9 Å². The molecular weight excluding hydrogens is 496 g/mol. The number of likely N-dealkylation sites (tertiary alicyclic amines) is 1. The van der Waals surface area contributed by atoms with Gasteiger partial charge in [0.25, 0.3) is 11.5 Å². The van der Waals surface area contributed by atoms with E-state index in [1.54, 1.807) is 31.2 Å². The number of piperidine rings is 1. The summed E-state index contributed by atoms with van der Waals surface area (Å²) >= 11 is 3.22. The van der Waals surface area contributed by atoms with Crippen molar-refractivity contribution in [1.29, 1.82) is 0 Å². The molecular formula is C24H22BrF2N3O3. The minimum Gasteiger partial charge on any atom is -0.472 e. The van der Waals surface area contributed by atoms with Crippen LogP contribution in [-0.2, 0) is 6.61 Å². The van der Waals surface area contributed by atoms with Crippen LogP contribution in [0.2, 0.25) is 0 Å². The summed E-state index contributed by atoms with van der Waals surface area (Å²) in [4.78, 5) is 31.9. The van der Waals surface area contributed by atoms with E-state index < -0.39 is 17.2 Å². The third-order valence-electron chi connectivity index (χ3n) is 5.56. The van der Waals surface area contributed by atoms with Crippen LogP contribution < -0.4 is 10.3 Å². The van der Waals surface area contributed by atoms with Crippen molar-refractivity contribution < 1.29 is 18.3 Å². The fourth-order valence-electron chi connectivity index (χ4n) is 3.80. The highest BCUT2D eigenvalue weighted by Crippen LogP contribution is 2.23. The summed E-state index contributed by atoms with van der Waals surface area (Å²) in [5.41, 5.74) is 0.852. The van der Waals surface area contributed by atoms with Crippen LogP contribution in [0.25, 0.3) is 5.69 Å². The van der Waals surface area contributed by atoms with E-state index in [1.807, 2.05) is 4.90 Å². The highest BCUT2D eigenvalue weighted by atomic mass is 79.9. The Bertz CT molecular complexity index is 1240. The molecule has 0 unspecified atom stereocenters. The fourth-order valence-corrected chi connectivity index (χ4v) is 4.18. The molecule has 3 aromatic rings. The molecule has 1 saturated heterocycles. The summed E-state index contributed by atoms with van der Waals surface area (Å²) in [5.74, 6) is -1.07. The van der Waals surface area contributed by atoms with Gasteiger partial charge < -0.3 is 9.64 Å². The number of nitrogens with zero attached hydrogens (tertiary/aromatic N) is 3. The number of hydrogen-bond donors (Lipinski definition) is 0. The van der Waals surface area contributed by atoms with E-state index in [4.69, 9.17) is 4.74 Å². The van der Waals surface area contributed by atoms with Crippen molar-refractivity contribution in [3.05, 3.63) is 85.9 Å². The number of carbonyl (C=O) groups excluding carboxylic acids is 1. The maximum absolute atomic E-state index is 13.9. The lowest BCUT2D eigenvalue weighted by Gasteiger charge is -2.26. The molecule has 0 spiro atoms. The van der Waals surface area contributed by atoms with Crippen molar-refractivity contribution in [3.63, 3.8) is 0 Å². The molecule has 6 nitrogen and oxygen atoms in total. The molecule has 1 aliphatic heterocycles. The van der Waals surface area contributed by atoms with Gasteiger partial charge in [0.05, 0.1) is 5.69 Å². The molecule has 1 amide bonds. The lowest BCUT2D eigenvalue weighted by Crippen LogP contribution is -2.35. The first-order chi connectivity index (χ1) is 15.8. The molecule has 2 heterocycles. The third kappa shape index (κ3) is 4.98. The summed E-state index contributed by atoms with van der Waals surface area (Å²) in [6.07, 6.45) is 3.17. The van der Waals surface area contributed by atoms with E-state index in [1.165, 1.54) is 10.6 Å². The Hall–Kier alpha value is -3.07. The average Bonchev–Trinajstić information content (AvgIpc) is 2.82. The van der Waals surface area contributed by atoms with E-state index >= 15 is 0 Å². The fraction of sp³-hybridized carbons (Fsp3) is 0.292. The van der Waals surface area contributed by atoms with Gasteiger partial charge in [-0.15, -0.1) is 0 Å². The predicted molar refractivity (Wildman–Crippen MR) is 123 cm³/mol. The van der Waals surface area contributed by atoms with Gasteiger partial charge in [0.1, 0.15) is 28.5 Å². The van der Waals surface area contributed by atoms with Crippen LogP contribution in [-0.4, -0.2) is 33.4 Å². The number of amides is 1.